The van der Waals surface area contributed by atoms with Gasteiger partial charge in [-0.05, 0) is 70.3 Å². The first kappa shape index (κ1) is 17.3. The Hall–Kier alpha value is -1.06. The Bertz CT molecular complexity index is 487. The minimum absolute atomic E-state index is 0.139. The molecule has 1 aliphatic rings. The second kappa shape index (κ2) is 7.47. The summed E-state index contributed by atoms with van der Waals surface area (Å²) < 4.78 is 5.61. The van der Waals surface area contributed by atoms with E-state index in [9.17, 15) is 4.79 Å². The molecular formula is C18H26ClNO2. The molecule has 1 atom stereocenters. The molecule has 1 saturated heterocycles. The van der Waals surface area contributed by atoms with Gasteiger partial charge < -0.3 is 10.1 Å². The highest BCUT2D eigenvalue weighted by atomic mass is 35.5. The van der Waals surface area contributed by atoms with Gasteiger partial charge in [-0.1, -0.05) is 23.7 Å². The number of nitrogens with one attached hydrogen (secondary N) is 1. The van der Waals surface area contributed by atoms with Crippen molar-refractivity contribution in [2.75, 3.05) is 19.7 Å². The van der Waals surface area contributed by atoms with Crippen LogP contribution in [-0.4, -0.2) is 25.7 Å². The SMILES string of the molecule is CC(C)(C)C(=O)OCC(c1ccc(Cl)cc1)C1CCNCC1. The Morgan fingerprint density at radius 1 is 1.27 bits per heavy atom. The minimum Gasteiger partial charge on any atom is -0.465 e. The van der Waals surface area contributed by atoms with Gasteiger partial charge in [0.05, 0.1) is 12.0 Å². The number of carbonyl (C=O) groups is 1. The number of piperidine rings is 1. The van der Waals surface area contributed by atoms with Gasteiger partial charge in [-0.3, -0.25) is 4.79 Å². The van der Waals surface area contributed by atoms with Crippen LogP contribution in [-0.2, 0) is 9.53 Å². The summed E-state index contributed by atoms with van der Waals surface area (Å²) in [6.45, 7) is 8.16. The second-order valence-electron chi connectivity index (χ2n) is 7.09. The van der Waals surface area contributed by atoms with E-state index < -0.39 is 5.41 Å². The third-order valence-corrected chi connectivity index (χ3v) is 4.51. The normalized spacial score (nSPS) is 18.0. The van der Waals surface area contributed by atoms with Crippen molar-refractivity contribution in [2.45, 2.75) is 39.5 Å². The second-order valence-corrected chi connectivity index (χ2v) is 7.53. The van der Waals surface area contributed by atoms with Crippen molar-refractivity contribution in [2.24, 2.45) is 11.3 Å². The number of ether oxygens (including phenoxy) is 1. The van der Waals surface area contributed by atoms with Gasteiger partial charge in [0.2, 0.25) is 0 Å². The predicted molar refractivity (Wildman–Crippen MR) is 90.2 cm³/mol. The first-order valence-corrected chi connectivity index (χ1v) is 8.39. The standard InChI is InChI=1S/C18H26ClNO2/c1-18(2,3)17(21)22-12-16(14-8-10-20-11-9-14)13-4-6-15(19)7-5-13/h4-7,14,16,20H,8-12H2,1-3H3. The van der Waals surface area contributed by atoms with Crippen molar-refractivity contribution in [3.05, 3.63) is 34.9 Å². The van der Waals surface area contributed by atoms with Crippen molar-refractivity contribution in [3.8, 4) is 0 Å². The smallest absolute Gasteiger partial charge is 0.311 e. The maximum absolute atomic E-state index is 12.1. The number of halogens is 1. The van der Waals surface area contributed by atoms with Crippen LogP contribution < -0.4 is 5.32 Å². The van der Waals surface area contributed by atoms with Gasteiger partial charge in [0.15, 0.2) is 0 Å². The lowest BCUT2D eigenvalue weighted by atomic mass is 9.81. The summed E-state index contributed by atoms with van der Waals surface area (Å²) in [5, 5.41) is 4.13. The average Bonchev–Trinajstić information content (AvgIpc) is 2.49. The first-order chi connectivity index (χ1) is 10.4. The number of esters is 1. The topological polar surface area (TPSA) is 38.3 Å². The fraction of sp³-hybridized carbons (Fsp3) is 0.611. The molecule has 0 spiro atoms. The highest BCUT2D eigenvalue weighted by molar-refractivity contribution is 6.30. The Kier molecular flexibility index (Phi) is 5.87. The molecule has 22 heavy (non-hydrogen) atoms. The van der Waals surface area contributed by atoms with E-state index in [1.807, 2.05) is 32.9 Å². The third kappa shape index (κ3) is 4.72. The van der Waals surface area contributed by atoms with E-state index in [4.69, 9.17) is 16.3 Å². The minimum atomic E-state index is -0.460. The largest absolute Gasteiger partial charge is 0.465 e. The van der Waals surface area contributed by atoms with E-state index in [0.717, 1.165) is 31.0 Å². The first-order valence-electron chi connectivity index (χ1n) is 8.01. The van der Waals surface area contributed by atoms with Gasteiger partial charge in [-0.2, -0.15) is 0 Å². The molecular weight excluding hydrogens is 298 g/mol. The van der Waals surface area contributed by atoms with Crippen molar-refractivity contribution in [1.29, 1.82) is 0 Å². The Labute approximate surface area is 138 Å². The molecule has 0 aliphatic carbocycles. The van der Waals surface area contributed by atoms with E-state index in [1.165, 1.54) is 5.56 Å². The van der Waals surface area contributed by atoms with Crippen LogP contribution in [0.2, 0.25) is 5.02 Å². The third-order valence-electron chi connectivity index (χ3n) is 4.26. The lowest BCUT2D eigenvalue weighted by Gasteiger charge is -2.31. The van der Waals surface area contributed by atoms with E-state index in [2.05, 4.69) is 17.4 Å². The summed E-state index contributed by atoms with van der Waals surface area (Å²) in [5.41, 5.74) is 0.747. The molecule has 1 aromatic carbocycles. The molecule has 1 N–H and O–H groups in total. The number of hydrogen-bond acceptors (Lipinski definition) is 3. The molecule has 1 fully saturated rings. The van der Waals surface area contributed by atoms with Gasteiger partial charge in [-0.25, -0.2) is 0 Å². The number of benzene rings is 1. The Morgan fingerprint density at radius 3 is 2.41 bits per heavy atom. The zero-order valence-corrected chi connectivity index (χ0v) is 14.5. The summed E-state index contributed by atoms with van der Waals surface area (Å²) in [6, 6.07) is 7.94. The van der Waals surface area contributed by atoms with E-state index in [0.29, 0.717) is 12.5 Å². The summed E-state index contributed by atoms with van der Waals surface area (Å²) in [5.74, 6) is 0.640. The molecule has 0 aromatic heterocycles. The summed E-state index contributed by atoms with van der Waals surface area (Å²) in [7, 11) is 0. The van der Waals surface area contributed by atoms with Crippen LogP contribution in [0.5, 0.6) is 0 Å². The van der Waals surface area contributed by atoms with Crippen LogP contribution in [0.4, 0.5) is 0 Å². The van der Waals surface area contributed by atoms with Gasteiger partial charge in [-0.15, -0.1) is 0 Å². The number of hydrogen-bond donors (Lipinski definition) is 1. The molecule has 0 bridgehead atoms. The van der Waals surface area contributed by atoms with E-state index in [-0.39, 0.29) is 11.9 Å². The van der Waals surface area contributed by atoms with Crippen LogP contribution in [0, 0.1) is 11.3 Å². The zero-order chi connectivity index (χ0) is 16.2. The fourth-order valence-corrected chi connectivity index (χ4v) is 2.97. The van der Waals surface area contributed by atoms with Crippen LogP contribution in [0.25, 0.3) is 0 Å². The molecule has 1 aromatic rings. The summed E-state index contributed by atoms with van der Waals surface area (Å²) in [6.07, 6.45) is 2.22. The van der Waals surface area contributed by atoms with Gasteiger partial charge in [0, 0.05) is 10.9 Å². The molecule has 3 nitrogen and oxygen atoms in total. The number of carbonyl (C=O) groups excluding carboxylic acids is 1. The van der Waals surface area contributed by atoms with E-state index in [1.54, 1.807) is 0 Å². The Morgan fingerprint density at radius 2 is 1.86 bits per heavy atom. The average molecular weight is 324 g/mol. The summed E-state index contributed by atoms with van der Waals surface area (Å²) >= 11 is 5.99. The predicted octanol–water partition coefficient (Wildman–Crippen LogP) is 4.01. The van der Waals surface area contributed by atoms with Crippen molar-refractivity contribution >= 4 is 17.6 Å². The molecule has 1 heterocycles. The van der Waals surface area contributed by atoms with Crippen molar-refractivity contribution in [1.82, 2.24) is 5.32 Å². The number of rotatable bonds is 4. The lowest BCUT2D eigenvalue weighted by Crippen LogP contribution is -2.33. The molecule has 2 rings (SSSR count). The van der Waals surface area contributed by atoms with Crippen LogP contribution in [0.15, 0.2) is 24.3 Å². The van der Waals surface area contributed by atoms with Crippen LogP contribution in [0.3, 0.4) is 0 Å². The Balaban J connectivity index is 2.11. The lowest BCUT2D eigenvalue weighted by molar-refractivity contribution is -0.154. The molecule has 0 amide bonds. The highest BCUT2D eigenvalue weighted by Crippen LogP contribution is 2.32. The van der Waals surface area contributed by atoms with Crippen LogP contribution >= 0.6 is 11.6 Å². The zero-order valence-electron chi connectivity index (χ0n) is 13.7. The molecule has 122 valence electrons. The molecule has 1 aliphatic heterocycles. The van der Waals surface area contributed by atoms with Gasteiger partial charge in [0.25, 0.3) is 0 Å². The van der Waals surface area contributed by atoms with Gasteiger partial charge >= 0.3 is 5.97 Å². The maximum Gasteiger partial charge on any atom is 0.311 e. The fourth-order valence-electron chi connectivity index (χ4n) is 2.84. The molecule has 0 saturated carbocycles. The highest BCUT2D eigenvalue weighted by Gasteiger charge is 2.29. The van der Waals surface area contributed by atoms with Crippen molar-refractivity contribution < 1.29 is 9.53 Å². The van der Waals surface area contributed by atoms with Crippen molar-refractivity contribution in [3.63, 3.8) is 0 Å². The molecule has 0 radical (unpaired) electrons. The maximum atomic E-state index is 12.1. The summed E-state index contributed by atoms with van der Waals surface area (Å²) in [4.78, 5) is 12.1. The molecule has 1 unspecified atom stereocenters. The van der Waals surface area contributed by atoms with E-state index >= 15 is 0 Å². The molecule has 4 heteroatoms. The van der Waals surface area contributed by atoms with Gasteiger partial charge in [0.1, 0.15) is 0 Å². The monoisotopic (exact) mass is 323 g/mol. The van der Waals surface area contributed by atoms with Crippen LogP contribution in [0.1, 0.15) is 45.1 Å². The quantitative estimate of drug-likeness (QED) is 0.851.